The maximum absolute atomic E-state index is 9.59. The average molecular weight is 707 g/mol. The summed E-state index contributed by atoms with van der Waals surface area (Å²) in [6.07, 6.45) is 2.77. The second-order valence-corrected chi connectivity index (χ2v) is 8.53. The molecule has 0 heterocycles. The first-order chi connectivity index (χ1) is 18.5. The van der Waals surface area contributed by atoms with Crippen molar-refractivity contribution < 1.29 is 103 Å². The quantitative estimate of drug-likeness (QED) is 0.226. The molecule has 0 atom stereocenters. The van der Waals surface area contributed by atoms with E-state index in [1.807, 2.05) is 0 Å². The fourth-order valence-corrected chi connectivity index (χ4v) is 0.612. The van der Waals surface area contributed by atoms with E-state index in [2.05, 4.69) is 0 Å². The van der Waals surface area contributed by atoms with E-state index in [9.17, 15) is 64.2 Å². The van der Waals surface area contributed by atoms with Crippen LogP contribution in [0.2, 0.25) is 0 Å². The summed E-state index contributed by atoms with van der Waals surface area (Å²) in [6.45, 7) is 16.5. The molecule has 0 spiro atoms. The van der Waals surface area contributed by atoms with Crippen molar-refractivity contribution in [3.63, 3.8) is 0 Å². The minimum absolute atomic E-state index is 0. The van der Waals surface area contributed by atoms with E-state index < -0.39 is 41.8 Å². The molecule has 43 heavy (non-hydrogen) atoms. The van der Waals surface area contributed by atoms with Crippen LogP contribution in [0.15, 0.2) is 0 Å². The molecule has 0 aromatic heterocycles. The van der Waals surface area contributed by atoms with Gasteiger partial charge < -0.3 is 64.5 Å². The molecule has 0 rings (SSSR count). The summed E-state index contributed by atoms with van der Waals surface area (Å²) in [5.74, 6) is -7.63. The van der Waals surface area contributed by atoms with Gasteiger partial charge in [-0.05, 0) is 37.0 Å². The third-order valence-electron chi connectivity index (χ3n) is 3.08. The number of carbonyl (C=O) groups excluding carboxylic acids is 6. The van der Waals surface area contributed by atoms with Crippen LogP contribution in [0.3, 0.4) is 0 Å². The Labute approximate surface area is 276 Å². The van der Waals surface area contributed by atoms with Gasteiger partial charge in [-0.3, -0.25) is 4.79 Å². The summed E-state index contributed by atoms with van der Waals surface area (Å²) < 4.78 is 0. The molecule has 0 amide bonds. The Bertz CT molecular complexity index is 614. The van der Waals surface area contributed by atoms with Gasteiger partial charge in [0.15, 0.2) is 0 Å². The van der Waals surface area contributed by atoms with Crippen LogP contribution in [0.1, 0.15) is 114 Å². The zero-order chi connectivity index (χ0) is 34.7. The van der Waals surface area contributed by atoms with Crippen LogP contribution >= 0.6 is 0 Å². The molecule has 254 valence electrons. The summed E-state index contributed by atoms with van der Waals surface area (Å²) in [5, 5.41) is 65.0. The van der Waals surface area contributed by atoms with Gasteiger partial charge in [0.05, 0.1) is 0 Å². The Morgan fingerprint density at radius 2 is 0.581 bits per heavy atom. The van der Waals surface area contributed by atoms with Crippen LogP contribution in [0.5, 0.6) is 0 Å². The molecule has 0 radical (unpaired) electrons. The zero-order valence-electron chi connectivity index (χ0n) is 26.7. The van der Waals surface area contributed by atoms with Gasteiger partial charge in [-0.25, -0.2) is 0 Å². The number of carboxylic acids is 7. The summed E-state index contributed by atoms with van der Waals surface area (Å²) in [7, 11) is 0. The molecule has 0 unspecified atom stereocenters. The van der Waals surface area contributed by atoms with Crippen molar-refractivity contribution in [3.8, 4) is 0 Å². The molecule has 0 aromatic carbocycles. The smallest absolute Gasteiger partial charge is 0.550 e. The molecule has 0 fully saturated rings. The molecule has 0 saturated carbocycles. The van der Waals surface area contributed by atoms with E-state index in [1.54, 1.807) is 69.2 Å². The number of carbonyl (C=O) groups is 7. The van der Waals surface area contributed by atoms with Crippen LogP contribution in [0.25, 0.3) is 0 Å². The van der Waals surface area contributed by atoms with E-state index in [4.69, 9.17) is 5.11 Å². The second kappa shape index (κ2) is 49.0. The number of aliphatic carboxylic acids is 7. The van der Waals surface area contributed by atoms with Crippen molar-refractivity contribution in [2.24, 2.45) is 17.8 Å². The normalized spacial score (nSPS) is 8.12. The molecular formula is C27H48Mn2O14. The fraction of sp³-hybridized carbons (Fsp3) is 0.741. The van der Waals surface area contributed by atoms with Crippen molar-refractivity contribution in [1.82, 2.24) is 0 Å². The van der Waals surface area contributed by atoms with Gasteiger partial charge in [0.2, 0.25) is 0 Å². The van der Waals surface area contributed by atoms with Crippen LogP contribution in [-0.2, 0) is 67.7 Å². The standard InChI is InChI=1S/6C4H8O2.C3H6O2.2Mn/c3*1-3(2)4(5)6;3*1-2-3-4(5)6;1-2-3(4)5;;/h3*3H,1-2H3,(H,5,6);3*2-3H2,1H3,(H,5,6);2H2,1H3,(H,4,5);;/q;;;;;;;2*+3/p-6. The summed E-state index contributed by atoms with van der Waals surface area (Å²) in [6, 6.07) is 0. The molecule has 14 nitrogen and oxygen atoms in total. The Morgan fingerprint density at radius 1 is 0.465 bits per heavy atom. The Balaban J connectivity index is -0.0000000445. The SMILES string of the molecule is CC(C)C(=O)[O-].CC(C)C(=O)[O-].CC(C)C(=O)[O-].CCC(=O)O.CCCC(=O)[O-].CCCC(=O)[O-].CCCC(=O)[O-].[Mn+3].[Mn+3]. The van der Waals surface area contributed by atoms with Crippen molar-refractivity contribution in [3.05, 3.63) is 0 Å². The van der Waals surface area contributed by atoms with Gasteiger partial charge in [-0.15, -0.1) is 0 Å². The number of hydrogen-bond acceptors (Lipinski definition) is 13. The molecule has 0 saturated heterocycles. The first-order valence-electron chi connectivity index (χ1n) is 12.9. The van der Waals surface area contributed by atoms with Crippen LogP contribution in [0.4, 0.5) is 0 Å². The number of hydrogen-bond donors (Lipinski definition) is 1. The second-order valence-electron chi connectivity index (χ2n) is 8.53. The Hall–Kier alpha value is -2.67. The third kappa shape index (κ3) is 133. The van der Waals surface area contributed by atoms with Gasteiger partial charge in [-0.2, -0.15) is 0 Å². The van der Waals surface area contributed by atoms with Crippen LogP contribution in [-0.4, -0.2) is 46.9 Å². The minimum atomic E-state index is -0.991. The van der Waals surface area contributed by atoms with Gasteiger partial charge in [0.25, 0.3) is 0 Å². The molecule has 0 aliphatic heterocycles. The first-order valence-corrected chi connectivity index (χ1v) is 12.9. The van der Waals surface area contributed by atoms with Crippen LogP contribution in [0, 0.1) is 17.8 Å². The van der Waals surface area contributed by atoms with E-state index in [0.717, 1.165) is 0 Å². The van der Waals surface area contributed by atoms with Gasteiger partial charge in [0, 0.05) is 42.2 Å². The summed E-state index contributed by atoms with van der Waals surface area (Å²) in [4.78, 5) is 66.6. The minimum Gasteiger partial charge on any atom is -0.550 e. The van der Waals surface area contributed by atoms with Crippen molar-refractivity contribution >= 4 is 41.8 Å². The molecule has 0 bridgehead atoms. The first kappa shape index (κ1) is 63.6. The maximum Gasteiger partial charge on any atom is 3.00 e. The van der Waals surface area contributed by atoms with E-state index >= 15 is 0 Å². The molecule has 1 N–H and O–H groups in total. The van der Waals surface area contributed by atoms with E-state index in [0.29, 0.717) is 19.3 Å². The molecular weight excluding hydrogens is 658 g/mol. The predicted molar refractivity (Wildman–Crippen MR) is 137 cm³/mol. The summed E-state index contributed by atoms with van der Waals surface area (Å²) >= 11 is 0. The Morgan fingerprint density at radius 3 is 0.581 bits per heavy atom. The number of rotatable bonds is 10. The average Bonchev–Trinajstić information content (AvgIpc) is 2.81. The maximum atomic E-state index is 9.59. The van der Waals surface area contributed by atoms with Crippen LogP contribution < -0.4 is 30.6 Å². The largest absolute Gasteiger partial charge is 3.00 e. The van der Waals surface area contributed by atoms with E-state index in [-0.39, 0.29) is 77.6 Å². The van der Waals surface area contributed by atoms with E-state index in [1.165, 1.54) is 0 Å². The van der Waals surface area contributed by atoms with Gasteiger partial charge in [0.1, 0.15) is 0 Å². The monoisotopic (exact) mass is 706 g/mol. The van der Waals surface area contributed by atoms with Crippen molar-refractivity contribution in [1.29, 1.82) is 0 Å². The zero-order valence-corrected chi connectivity index (χ0v) is 29.1. The van der Waals surface area contributed by atoms with Gasteiger partial charge >= 0.3 is 40.1 Å². The fourth-order valence-electron chi connectivity index (χ4n) is 0.612. The third-order valence-corrected chi connectivity index (χ3v) is 3.08. The topological polar surface area (TPSA) is 278 Å². The molecule has 16 heteroatoms. The predicted octanol–water partition coefficient (Wildman–Crippen LogP) is -2.74. The van der Waals surface area contributed by atoms with Gasteiger partial charge in [-0.1, -0.05) is 88.5 Å². The number of carboxylic acid groups (broad SMARTS) is 7. The molecule has 0 aliphatic carbocycles. The molecule has 0 aliphatic rings. The summed E-state index contributed by atoms with van der Waals surface area (Å²) in [5.41, 5.74) is 0. The van der Waals surface area contributed by atoms with Crippen molar-refractivity contribution in [2.45, 2.75) is 114 Å². The molecule has 0 aromatic rings. The Kier molecular flexibility index (Phi) is 72.5. The van der Waals surface area contributed by atoms with Crippen molar-refractivity contribution in [2.75, 3.05) is 0 Å².